The molecule has 0 fully saturated rings. The van der Waals surface area contributed by atoms with Gasteiger partial charge in [-0.2, -0.15) is 12.6 Å². The summed E-state index contributed by atoms with van der Waals surface area (Å²) in [6.07, 6.45) is 0.250. The van der Waals surface area contributed by atoms with E-state index < -0.39 is 5.91 Å². The summed E-state index contributed by atoms with van der Waals surface area (Å²) >= 11 is 3.92. The Morgan fingerprint density at radius 1 is 1.89 bits per heavy atom. The maximum atomic E-state index is 10.2. The smallest absolute Gasteiger partial charge is 0.244 e. The predicted octanol–water partition coefficient (Wildman–Crippen LogP) is 0.836. The molecule has 0 aliphatic heterocycles. The summed E-state index contributed by atoms with van der Waals surface area (Å²) in [6.45, 7) is 1.78. The minimum Gasteiger partial charge on any atom is -0.289 e. The Morgan fingerprint density at radius 2 is 2.33 bits per heavy atom. The molecule has 0 aromatic heterocycles. The van der Waals surface area contributed by atoms with Gasteiger partial charge < -0.3 is 0 Å². The third-order valence-corrected chi connectivity index (χ3v) is 0.788. The molecule has 1 atom stereocenters. The van der Waals surface area contributed by atoms with Gasteiger partial charge in [0.1, 0.15) is 0 Å². The summed E-state index contributed by atoms with van der Waals surface area (Å²) in [5.74, 6) is -0.396. The Labute approximate surface area is 60.8 Å². The number of hydrogen-bond acceptors (Lipinski definition) is 3. The molecule has 3 nitrogen and oxygen atoms in total. The molecule has 1 amide bonds. The van der Waals surface area contributed by atoms with Crippen LogP contribution in [0.25, 0.3) is 0 Å². The number of hydrogen-bond donors (Lipinski definition) is 3. The first kappa shape index (κ1) is 11.6. The highest BCUT2D eigenvalue weighted by atomic mass is 32.1. The zero-order valence-corrected chi connectivity index (χ0v) is 5.48. The summed E-state index contributed by atoms with van der Waals surface area (Å²) in [5.41, 5.74) is 1.51. The average Bonchev–Trinajstić information content (AvgIpc) is 1.65. The van der Waals surface area contributed by atoms with Crippen LogP contribution in [0.4, 0.5) is 0 Å². The van der Waals surface area contributed by atoms with Gasteiger partial charge in [-0.25, -0.2) is 5.48 Å². The second kappa shape index (κ2) is 5.91. The maximum Gasteiger partial charge on any atom is 0.244 e. The molecule has 0 radical (unpaired) electrons. The standard InChI is InChI=1S/C4H9NO2S.CH4/c1-3(8)2-4(6)5-7;/h3,7-8H,2H2,1H3,(H,5,6);1H4. The van der Waals surface area contributed by atoms with E-state index >= 15 is 0 Å². The Morgan fingerprint density at radius 3 is 2.44 bits per heavy atom. The van der Waals surface area contributed by atoms with Crippen LogP contribution in [0.1, 0.15) is 20.8 Å². The lowest BCUT2D eigenvalue weighted by Crippen LogP contribution is -2.20. The Kier molecular flexibility index (Phi) is 7.59. The molecule has 0 saturated heterocycles. The van der Waals surface area contributed by atoms with Crippen LogP contribution in [0, 0.1) is 0 Å². The number of nitrogens with one attached hydrogen (secondary N) is 1. The third kappa shape index (κ3) is 7.78. The number of carbonyl (C=O) groups is 1. The lowest BCUT2D eigenvalue weighted by Gasteiger charge is -1.98. The molecule has 0 aliphatic carbocycles. The van der Waals surface area contributed by atoms with Gasteiger partial charge in [-0.05, 0) is 0 Å². The minimum absolute atomic E-state index is 0. The van der Waals surface area contributed by atoms with Crippen molar-refractivity contribution in [3.63, 3.8) is 0 Å². The van der Waals surface area contributed by atoms with Crippen LogP contribution in [0.2, 0.25) is 0 Å². The van der Waals surface area contributed by atoms with E-state index in [0.29, 0.717) is 0 Å². The fourth-order valence-corrected chi connectivity index (χ4v) is 0.480. The average molecular weight is 151 g/mol. The number of thiol groups is 1. The Bertz CT molecular complexity index is 85.0. The lowest BCUT2D eigenvalue weighted by atomic mass is 10.3. The first-order valence-electron chi connectivity index (χ1n) is 2.28. The van der Waals surface area contributed by atoms with Crippen molar-refractivity contribution in [1.82, 2.24) is 5.48 Å². The molecule has 0 saturated carbocycles. The molecule has 0 spiro atoms. The summed E-state index contributed by atoms with van der Waals surface area (Å²) in [6, 6.07) is 0. The van der Waals surface area contributed by atoms with Crippen LogP contribution >= 0.6 is 12.6 Å². The van der Waals surface area contributed by atoms with E-state index in [4.69, 9.17) is 5.21 Å². The highest BCUT2D eigenvalue weighted by molar-refractivity contribution is 7.80. The quantitative estimate of drug-likeness (QED) is 0.311. The van der Waals surface area contributed by atoms with E-state index in [1.165, 1.54) is 5.48 Å². The normalized spacial score (nSPS) is 11.4. The molecule has 1 unspecified atom stereocenters. The molecule has 0 bridgehead atoms. The van der Waals surface area contributed by atoms with Gasteiger partial charge in [0.2, 0.25) is 5.91 Å². The van der Waals surface area contributed by atoms with Gasteiger partial charge in [-0.15, -0.1) is 0 Å². The first-order valence-corrected chi connectivity index (χ1v) is 2.79. The van der Waals surface area contributed by atoms with Crippen molar-refractivity contribution < 1.29 is 10.0 Å². The lowest BCUT2D eigenvalue weighted by molar-refractivity contribution is -0.129. The summed E-state index contributed by atoms with van der Waals surface area (Å²) in [4.78, 5) is 10.2. The Balaban J connectivity index is 0. The highest BCUT2D eigenvalue weighted by Gasteiger charge is 2.01. The van der Waals surface area contributed by atoms with Crippen molar-refractivity contribution >= 4 is 18.5 Å². The molecular formula is C5H13NO2S. The van der Waals surface area contributed by atoms with Gasteiger partial charge in [0.05, 0.1) is 0 Å². The fraction of sp³-hybridized carbons (Fsp3) is 0.800. The second-order valence-corrected chi connectivity index (χ2v) is 2.47. The summed E-state index contributed by atoms with van der Waals surface area (Å²) in [5, 5.41) is 7.95. The van der Waals surface area contributed by atoms with E-state index in [2.05, 4.69) is 12.6 Å². The minimum atomic E-state index is -0.396. The van der Waals surface area contributed by atoms with E-state index in [1.807, 2.05) is 0 Å². The van der Waals surface area contributed by atoms with Gasteiger partial charge in [0, 0.05) is 11.7 Å². The Hall–Kier alpha value is -0.220. The van der Waals surface area contributed by atoms with Crippen LogP contribution in [0.15, 0.2) is 0 Å². The van der Waals surface area contributed by atoms with Gasteiger partial charge in [-0.3, -0.25) is 10.0 Å². The second-order valence-electron chi connectivity index (χ2n) is 1.59. The molecule has 0 aliphatic rings. The largest absolute Gasteiger partial charge is 0.289 e. The predicted molar refractivity (Wildman–Crippen MR) is 39.7 cm³/mol. The van der Waals surface area contributed by atoms with Crippen LogP contribution in [0.3, 0.4) is 0 Å². The van der Waals surface area contributed by atoms with Crippen molar-refractivity contribution in [2.75, 3.05) is 0 Å². The molecule has 0 rings (SSSR count). The van der Waals surface area contributed by atoms with Crippen molar-refractivity contribution in [1.29, 1.82) is 0 Å². The fourth-order valence-electron chi connectivity index (χ4n) is 0.314. The number of rotatable bonds is 2. The first-order chi connectivity index (χ1) is 3.66. The SMILES string of the molecule is C.CC(S)CC(=O)NO. The van der Waals surface area contributed by atoms with E-state index in [9.17, 15) is 4.79 Å². The number of amides is 1. The summed E-state index contributed by atoms with van der Waals surface area (Å²) < 4.78 is 0. The molecule has 2 N–H and O–H groups in total. The van der Waals surface area contributed by atoms with Gasteiger partial charge in [0.15, 0.2) is 0 Å². The van der Waals surface area contributed by atoms with Crippen LogP contribution < -0.4 is 5.48 Å². The highest BCUT2D eigenvalue weighted by Crippen LogP contribution is 1.96. The molecule has 0 aromatic rings. The molecule has 0 aromatic carbocycles. The van der Waals surface area contributed by atoms with Gasteiger partial charge in [0.25, 0.3) is 0 Å². The van der Waals surface area contributed by atoms with Crippen molar-refractivity contribution in [2.45, 2.75) is 26.0 Å². The summed E-state index contributed by atoms with van der Waals surface area (Å²) in [7, 11) is 0. The molecule has 9 heavy (non-hydrogen) atoms. The monoisotopic (exact) mass is 151 g/mol. The van der Waals surface area contributed by atoms with Gasteiger partial charge >= 0.3 is 0 Å². The molecule has 4 heteroatoms. The van der Waals surface area contributed by atoms with Crippen molar-refractivity contribution in [3.8, 4) is 0 Å². The molecule has 0 heterocycles. The van der Waals surface area contributed by atoms with E-state index in [1.54, 1.807) is 6.92 Å². The van der Waals surface area contributed by atoms with E-state index in [-0.39, 0.29) is 19.1 Å². The van der Waals surface area contributed by atoms with Gasteiger partial charge in [-0.1, -0.05) is 14.4 Å². The van der Waals surface area contributed by atoms with Crippen molar-refractivity contribution in [3.05, 3.63) is 0 Å². The van der Waals surface area contributed by atoms with Crippen LogP contribution in [0.5, 0.6) is 0 Å². The third-order valence-electron chi connectivity index (χ3n) is 0.606. The zero-order chi connectivity index (χ0) is 6.57. The topological polar surface area (TPSA) is 49.3 Å². The zero-order valence-electron chi connectivity index (χ0n) is 4.59. The number of carbonyl (C=O) groups excluding carboxylic acids is 1. The van der Waals surface area contributed by atoms with Crippen LogP contribution in [-0.2, 0) is 4.79 Å². The number of hydroxylamine groups is 1. The maximum absolute atomic E-state index is 10.2. The molecular weight excluding hydrogens is 138 g/mol. The molecule has 56 valence electrons. The van der Waals surface area contributed by atoms with Crippen molar-refractivity contribution in [2.24, 2.45) is 0 Å². The van der Waals surface area contributed by atoms with Crippen LogP contribution in [-0.4, -0.2) is 16.4 Å². The van der Waals surface area contributed by atoms with E-state index in [0.717, 1.165) is 0 Å².